The second-order valence-electron chi connectivity index (χ2n) is 13.6. The minimum Gasteiger partial charge on any atom is -0.438 e. The molecule has 3 aromatic heterocycles. The monoisotopic (exact) mass is 677 g/mol. The first kappa shape index (κ1) is 29.5. The average molecular weight is 678 g/mol. The molecule has 0 fully saturated rings. The van der Waals surface area contributed by atoms with E-state index in [0.29, 0.717) is 5.71 Å². The zero-order valence-corrected chi connectivity index (χ0v) is 28.6. The van der Waals surface area contributed by atoms with Gasteiger partial charge in [-0.2, -0.15) is 0 Å². The standard InChI is InChI=1S/C49H31N3O/c1-2-13-35-29-37(27-21-32(35)11-1)51(38-30-44-42-17-7-10-20-47(42)53-49(44)50-31-38)36-25-22-34(23-26-36)39-14-5-8-18-45(39)52-46-19-9-6-16-41(46)43-28-24-33-12-3-4-15-40(33)48(43)52/h1-31H. The molecule has 0 radical (unpaired) electrons. The maximum Gasteiger partial charge on any atom is 0.227 e. The molecule has 0 spiro atoms. The molecule has 4 nitrogen and oxygen atoms in total. The molecule has 3 heterocycles. The molecular weight excluding hydrogens is 647 g/mol. The van der Waals surface area contributed by atoms with Crippen molar-refractivity contribution in [3.8, 4) is 16.8 Å². The molecule has 0 N–H and O–H groups in total. The fourth-order valence-electron chi connectivity index (χ4n) is 8.17. The minimum absolute atomic E-state index is 0.637. The van der Waals surface area contributed by atoms with Crippen molar-refractivity contribution >= 4 is 82.5 Å². The van der Waals surface area contributed by atoms with Crippen LogP contribution in [0.4, 0.5) is 17.1 Å². The van der Waals surface area contributed by atoms with Crippen LogP contribution >= 0.6 is 0 Å². The molecule has 0 aliphatic rings. The summed E-state index contributed by atoms with van der Waals surface area (Å²) in [6.45, 7) is 0. The second-order valence-corrected chi connectivity index (χ2v) is 13.6. The van der Waals surface area contributed by atoms with Gasteiger partial charge in [0.1, 0.15) is 5.58 Å². The van der Waals surface area contributed by atoms with Crippen molar-refractivity contribution in [2.45, 2.75) is 0 Å². The molecular formula is C49H31N3O. The smallest absolute Gasteiger partial charge is 0.227 e. The van der Waals surface area contributed by atoms with Gasteiger partial charge in [0.25, 0.3) is 0 Å². The summed E-state index contributed by atoms with van der Waals surface area (Å²) < 4.78 is 8.56. The lowest BCUT2D eigenvalue weighted by Gasteiger charge is -2.26. The van der Waals surface area contributed by atoms with Crippen LogP contribution in [0.3, 0.4) is 0 Å². The summed E-state index contributed by atoms with van der Waals surface area (Å²) in [5.74, 6) is 0. The van der Waals surface area contributed by atoms with Crippen molar-refractivity contribution in [3.63, 3.8) is 0 Å². The number of fused-ring (bicyclic) bond motifs is 9. The molecule has 11 aromatic rings. The SMILES string of the molecule is c1ccc(-n2c3ccccc3c3ccc4ccccc4c32)c(-c2ccc(N(c3ccc4ccccc4c3)c3cnc4oc5ccccc5c4c3)cc2)c1. The zero-order chi connectivity index (χ0) is 34.9. The van der Waals surface area contributed by atoms with Gasteiger partial charge < -0.3 is 13.9 Å². The van der Waals surface area contributed by atoms with Crippen LogP contribution in [0, 0.1) is 0 Å². The van der Waals surface area contributed by atoms with Gasteiger partial charge >= 0.3 is 0 Å². The first-order valence-electron chi connectivity index (χ1n) is 18.0. The lowest BCUT2D eigenvalue weighted by Crippen LogP contribution is -2.10. The van der Waals surface area contributed by atoms with E-state index in [1.807, 2.05) is 24.4 Å². The van der Waals surface area contributed by atoms with Crippen LogP contribution in [0.15, 0.2) is 193 Å². The van der Waals surface area contributed by atoms with Gasteiger partial charge in [0.05, 0.1) is 34.0 Å². The largest absolute Gasteiger partial charge is 0.438 e. The predicted octanol–water partition coefficient (Wildman–Crippen LogP) is 13.5. The quantitative estimate of drug-likeness (QED) is 0.182. The maximum atomic E-state index is 6.11. The Morgan fingerprint density at radius 3 is 2.02 bits per heavy atom. The second kappa shape index (κ2) is 11.7. The maximum absolute atomic E-state index is 6.11. The van der Waals surface area contributed by atoms with E-state index >= 15 is 0 Å². The highest BCUT2D eigenvalue weighted by Gasteiger charge is 2.20. The van der Waals surface area contributed by atoms with E-state index in [1.54, 1.807) is 0 Å². The lowest BCUT2D eigenvalue weighted by molar-refractivity contribution is 0.654. The molecule has 0 atom stereocenters. The topological polar surface area (TPSA) is 34.2 Å². The highest BCUT2D eigenvalue weighted by molar-refractivity contribution is 6.19. The van der Waals surface area contributed by atoms with Crippen molar-refractivity contribution in [1.29, 1.82) is 0 Å². The van der Waals surface area contributed by atoms with Crippen LogP contribution in [0.25, 0.3) is 82.2 Å². The first-order valence-corrected chi connectivity index (χ1v) is 18.0. The fraction of sp³-hybridized carbons (Fsp3) is 0. The lowest BCUT2D eigenvalue weighted by atomic mass is 10.0. The van der Waals surface area contributed by atoms with E-state index in [1.165, 1.54) is 48.9 Å². The van der Waals surface area contributed by atoms with Gasteiger partial charge in [0.15, 0.2) is 0 Å². The van der Waals surface area contributed by atoms with Gasteiger partial charge in [0.2, 0.25) is 5.71 Å². The summed E-state index contributed by atoms with van der Waals surface area (Å²) in [7, 11) is 0. The average Bonchev–Trinajstić information content (AvgIpc) is 3.77. The van der Waals surface area contributed by atoms with E-state index < -0.39 is 0 Å². The summed E-state index contributed by atoms with van der Waals surface area (Å²) in [5.41, 5.74) is 10.4. The summed E-state index contributed by atoms with van der Waals surface area (Å²) >= 11 is 0. The van der Waals surface area contributed by atoms with Crippen LogP contribution in [0.1, 0.15) is 0 Å². The van der Waals surface area contributed by atoms with Crippen molar-refractivity contribution in [3.05, 3.63) is 188 Å². The number of hydrogen-bond donors (Lipinski definition) is 0. The Balaban J connectivity index is 1.09. The third kappa shape index (κ3) is 4.66. The Kier molecular flexibility index (Phi) is 6.52. The minimum atomic E-state index is 0.637. The molecule has 0 bridgehead atoms. The van der Waals surface area contributed by atoms with E-state index in [-0.39, 0.29) is 0 Å². The molecule has 0 saturated heterocycles. The van der Waals surface area contributed by atoms with Crippen molar-refractivity contribution in [1.82, 2.24) is 9.55 Å². The van der Waals surface area contributed by atoms with E-state index in [9.17, 15) is 0 Å². The number of para-hydroxylation sites is 3. The summed E-state index contributed by atoms with van der Waals surface area (Å²) in [6, 6.07) is 65.1. The Labute approximate surface area is 305 Å². The van der Waals surface area contributed by atoms with Crippen LogP contribution in [0.2, 0.25) is 0 Å². The number of hydrogen-bond acceptors (Lipinski definition) is 3. The highest BCUT2D eigenvalue weighted by atomic mass is 16.3. The molecule has 8 aromatic carbocycles. The highest BCUT2D eigenvalue weighted by Crippen LogP contribution is 2.42. The van der Waals surface area contributed by atoms with E-state index in [0.717, 1.165) is 44.7 Å². The van der Waals surface area contributed by atoms with Gasteiger partial charge in [-0.05, 0) is 70.3 Å². The molecule has 11 rings (SSSR count). The molecule has 0 amide bonds. The number of furan rings is 1. The third-order valence-corrected chi connectivity index (χ3v) is 10.6. The van der Waals surface area contributed by atoms with Crippen LogP contribution in [0.5, 0.6) is 0 Å². The van der Waals surface area contributed by atoms with Crippen LogP contribution < -0.4 is 4.90 Å². The molecule has 4 heteroatoms. The predicted molar refractivity (Wildman–Crippen MR) is 221 cm³/mol. The molecule has 248 valence electrons. The van der Waals surface area contributed by atoms with Crippen LogP contribution in [-0.4, -0.2) is 9.55 Å². The number of pyridine rings is 1. The number of anilines is 3. The van der Waals surface area contributed by atoms with Gasteiger partial charge in [0, 0.05) is 38.5 Å². The van der Waals surface area contributed by atoms with Crippen molar-refractivity contribution in [2.24, 2.45) is 0 Å². The van der Waals surface area contributed by atoms with Crippen LogP contribution in [-0.2, 0) is 0 Å². The normalized spacial score (nSPS) is 11.8. The first-order chi connectivity index (χ1) is 26.3. The van der Waals surface area contributed by atoms with Crippen molar-refractivity contribution in [2.75, 3.05) is 4.90 Å². The van der Waals surface area contributed by atoms with Gasteiger partial charge in [-0.25, -0.2) is 4.98 Å². The number of nitrogens with zero attached hydrogens (tertiary/aromatic N) is 3. The molecule has 0 unspecified atom stereocenters. The summed E-state index contributed by atoms with van der Waals surface area (Å²) in [5, 5.41) is 9.42. The Morgan fingerprint density at radius 1 is 0.453 bits per heavy atom. The molecule has 53 heavy (non-hydrogen) atoms. The Bertz CT molecular complexity index is 3190. The zero-order valence-electron chi connectivity index (χ0n) is 28.6. The van der Waals surface area contributed by atoms with Crippen molar-refractivity contribution < 1.29 is 4.42 Å². The van der Waals surface area contributed by atoms with Gasteiger partial charge in [-0.1, -0.05) is 133 Å². The molecule has 0 aliphatic heterocycles. The third-order valence-electron chi connectivity index (χ3n) is 10.6. The summed E-state index contributed by atoms with van der Waals surface area (Å²) in [4.78, 5) is 7.11. The van der Waals surface area contributed by atoms with Gasteiger partial charge in [-0.15, -0.1) is 0 Å². The van der Waals surface area contributed by atoms with E-state index in [4.69, 9.17) is 9.40 Å². The summed E-state index contributed by atoms with van der Waals surface area (Å²) in [6.07, 6.45) is 1.91. The Hall–Kier alpha value is -7.17. The molecule has 0 aliphatic carbocycles. The number of rotatable bonds is 5. The molecule has 0 saturated carbocycles. The van der Waals surface area contributed by atoms with E-state index in [2.05, 4.69) is 173 Å². The Morgan fingerprint density at radius 2 is 1.13 bits per heavy atom. The fourth-order valence-corrected chi connectivity index (χ4v) is 8.17. The van der Waals surface area contributed by atoms with Gasteiger partial charge in [-0.3, -0.25) is 0 Å². The number of benzene rings is 8. The number of aromatic nitrogens is 2.